The Balaban J connectivity index is 2.10. The Labute approximate surface area is 106 Å². The van der Waals surface area contributed by atoms with E-state index in [1.165, 1.54) is 12.1 Å². The van der Waals surface area contributed by atoms with E-state index in [1.807, 2.05) is 6.92 Å². The van der Waals surface area contributed by atoms with Crippen molar-refractivity contribution in [2.75, 3.05) is 6.54 Å². The van der Waals surface area contributed by atoms with E-state index in [0.29, 0.717) is 19.4 Å². The molecule has 2 atom stereocenters. The number of hydrogen-bond acceptors (Lipinski definition) is 3. The van der Waals surface area contributed by atoms with Gasteiger partial charge in [-0.05, 0) is 43.0 Å². The van der Waals surface area contributed by atoms with Crippen LogP contribution in [0.4, 0.5) is 4.39 Å². The number of hydrogen-bond donors (Lipinski definition) is 2. The molecule has 0 saturated carbocycles. The fraction of sp³-hybridized carbons (Fsp3) is 0.500. The third kappa shape index (κ3) is 2.88. The molecule has 1 aromatic carbocycles. The second-order valence-electron chi connectivity index (χ2n) is 4.75. The molecule has 0 amide bonds. The molecule has 4 nitrogen and oxygen atoms in total. The minimum Gasteiger partial charge on any atom is -0.309 e. The smallest absolute Gasteiger partial charge is 0.213 e. The second-order valence-corrected chi connectivity index (χ2v) is 6.59. The maximum atomic E-state index is 13.0. The van der Waals surface area contributed by atoms with Crippen LogP contribution in [0.25, 0.3) is 0 Å². The van der Waals surface area contributed by atoms with E-state index in [4.69, 9.17) is 5.14 Å². The number of benzene rings is 1. The molecule has 18 heavy (non-hydrogen) atoms. The molecular weight excluding hydrogens is 255 g/mol. The van der Waals surface area contributed by atoms with Crippen LogP contribution in [0.15, 0.2) is 18.2 Å². The molecule has 2 rings (SSSR count). The summed E-state index contributed by atoms with van der Waals surface area (Å²) >= 11 is 0. The van der Waals surface area contributed by atoms with Crippen molar-refractivity contribution in [1.82, 2.24) is 5.32 Å². The fourth-order valence-corrected chi connectivity index (χ4v) is 3.20. The summed E-state index contributed by atoms with van der Waals surface area (Å²) in [6.07, 6.45) is 1.22. The van der Waals surface area contributed by atoms with E-state index >= 15 is 0 Å². The first-order chi connectivity index (χ1) is 8.38. The highest BCUT2D eigenvalue weighted by molar-refractivity contribution is 7.89. The Morgan fingerprint density at radius 3 is 2.61 bits per heavy atom. The molecule has 1 aromatic rings. The highest BCUT2D eigenvalue weighted by Gasteiger charge is 2.29. The van der Waals surface area contributed by atoms with Crippen LogP contribution in [0.3, 0.4) is 0 Å². The van der Waals surface area contributed by atoms with Crippen molar-refractivity contribution in [3.8, 4) is 0 Å². The summed E-state index contributed by atoms with van der Waals surface area (Å²) in [5.41, 5.74) is 1.89. The van der Waals surface area contributed by atoms with Gasteiger partial charge in [-0.3, -0.25) is 0 Å². The Kier molecular flexibility index (Phi) is 3.70. The van der Waals surface area contributed by atoms with Gasteiger partial charge in [-0.2, -0.15) is 0 Å². The first-order valence-electron chi connectivity index (χ1n) is 5.89. The van der Waals surface area contributed by atoms with Gasteiger partial charge in [-0.25, -0.2) is 17.9 Å². The van der Waals surface area contributed by atoms with Crippen LogP contribution < -0.4 is 10.5 Å². The molecule has 0 spiro atoms. The van der Waals surface area contributed by atoms with Gasteiger partial charge in [0.2, 0.25) is 10.0 Å². The van der Waals surface area contributed by atoms with Crippen molar-refractivity contribution in [3.63, 3.8) is 0 Å². The average molecular weight is 272 g/mol. The van der Waals surface area contributed by atoms with Gasteiger partial charge in [0.15, 0.2) is 0 Å². The van der Waals surface area contributed by atoms with Crippen LogP contribution in [0.5, 0.6) is 0 Å². The van der Waals surface area contributed by atoms with Gasteiger partial charge in [0, 0.05) is 12.6 Å². The third-order valence-corrected chi connectivity index (χ3v) is 4.77. The van der Waals surface area contributed by atoms with Gasteiger partial charge in [0.05, 0.1) is 5.25 Å². The summed E-state index contributed by atoms with van der Waals surface area (Å²) in [4.78, 5) is 0. The lowest BCUT2D eigenvalue weighted by Gasteiger charge is -2.29. The Morgan fingerprint density at radius 1 is 1.39 bits per heavy atom. The van der Waals surface area contributed by atoms with E-state index in [2.05, 4.69) is 5.32 Å². The molecule has 100 valence electrons. The molecule has 0 radical (unpaired) electrons. The van der Waals surface area contributed by atoms with Crippen molar-refractivity contribution in [2.24, 2.45) is 5.14 Å². The first-order valence-corrected chi connectivity index (χ1v) is 7.50. The zero-order valence-electron chi connectivity index (χ0n) is 10.2. The molecule has 1 saturated heterocycles. The molecule has 1 fully saturated rings. The van der Waals surface area contributed by atoms with Gasteiger partial charge in [-0.1, -0.05) is 6.07 Å². The molecular formula is C12H17FN2O2S. The SMILES string of the molecule is Cc1cc(F)ccc1C1CCC(S(N)(=O)=O)CN1. The Morgan fingerprint density at radius 2 is 2.11 bits per heavy atom. The highest BCUT2D eigenvalue weighted by Crippen LogP contribution is 2.27. The van der Waals surface area contributed by atoms with Crippen LogP contribution in [-0.2, 0) is 10.0 Å². The lowest BCUT2D eigenvalue weighted by molar-refractivity contribution is 0.406. The number of piperidine rings is 1. The van der Waals surface area contributed by atoms with E-state index in [9.17, 15) is 12.8 Å². The minimum atomic E-state index is -3.47. The number of primary sulfonamides is 1. The largest absolute Gasteiger partial charge is 0.309 e. The van der Waals surface area contributed by atoms with Gasteiger partial charge >= 0.3 is 0 Å². The molecule has 2 unspecified atom stereocenters. The van der Waals surface area contributed by atoms with Gasteiger partial charge < -0.3 is 5.32 Å². The number of nitrogens with two attached hydrogens (primary N) is 1. The summed E-state index contributed by atoms with van der Waals surface area (Å²) < 4.78 is 35.5. The molecule has 1 aliphatic heterocycles. The van der Waals surface area contributed by atoms with E-state index in [1.54, 1.807) is 6.07 Å². The zero-order valence-corrected chi connectivity index (χ0v) is 11.0. The zero-order chi connectivity index (χ0) is 13.3. The average Bonchev–Trinajstić information content (AvgIpc) is 2.28. The standard InChI is InChI=1S/C12H17FN2O2S/c1-8-6-9(13)2-4-11(8)12-5-3-10(7-15-12)18(14,16)17/h2,4,6,10,12,15H,3,5,7H2,1H3,(H2,14,16,17). The number of rotatable bonds is 2. The van der Waals surface area contributed by atoms with Gasteiger partial charge in [-0.15, -0.1) is 0 Å². The van der Waals surface area contributed by atoms with Crippen LogP contribution in [0.1, 0.15) is 30.0 Å². The fourth-order valence-electron chi connectivity index (χ4n) is 2.41. The highest BCUT2D eigenvalue weighted by atomic mass is 32.2. The van der Waals surface area contributed by atoms with Crippen LogP contribution in [0, 0.1) is 12.7 Å². The lowest BCUT2D eigenvalue weighted by Crippen LogP contribution is -2.43. The van der Waals surface area contributed by atoms with Crippen molar-refractivity contribution in [3.05, 3.63) is 35.1 Å². The van der Waals surface area contributed by atoms with Crippen LogP contribution in [0.2, 0.25) is 0 Å². The maximum Gasteiger partial charge on any atom is 0.213 e. The predicted octanol–water partition coefficient (Wildman–Crippen LogP) is 1.22. The van der Waals surface area contributed by atoms with Gasteiger partial charge in [0.25, 0.3) is 0 Å². The Bertz CT molecular complexity index is 537. The van der Waals surface area contributed by atoms with E-state index in [0.717, 1.165) is 11.1 Å². The molecule has 6 heteroatoms. The Hall–Kier alpha value is -0.980. The molecule has 1 aliphatic rings. The number of halogens is 1. The van der Waals surface area contributed by atoms with E-state index in [-0.39, 0.29) is 11.9 Å². The van der Waals surface area contributed by atoms with Crippen molar-refractivity contribution in [2.45, 2.75) is 31.1 Å². The molecule has 0 bridgehead atoms. The molecule has 0 aromatic heterocycles. The summed E-state index contributed by atoms with van der Waals surface area (Å²) in [5.74, 6) is -0.255. The summed E-state index contributed by atoms with van der Waals surface area (Å²) in [6.45, 7) is 2.20. The number of sulfonamides is 1. The first kappa shape index (κ1) is 13.5. The summed E-state index contributed by atoms with van der Waals surface area (Å²) in [6, 6.07) is 4.74. The third-order valence-electron chi connectivity index (χ3n) is 3.44. The predicted molar refractivity (Wildman–Crippen MR) is 68.0 cm³/mol. The quantitative estimate of drug-likeness (QED) is 0.850. The number of nitrogens with one attached hydrogen (secondary N) is 1. The summed E-state index contributed by atoms with van der Waals surface area (Å²) in [7, 11) is -3.47. The van der Waals surface area contributed by atoms with Crippen molar-refractivity contribution < 1.29 is 12.8 Å². The molecule has 1 heterocycles. The topological polar surface area (TPSA) is 72.2 Å². The monoisotopic (exact) mass is 272 g/mol. The van der Waals surface area contributed by atoms with Crippen molar-refractivity contribution in [1.29, 1.82) is 0 Å². The normalized spacial score (nSPS) is 25.1. The second kappa shape index (κ2) is 4.95. The van der Waals surface area contributed by atoms with Gasteiger partial charge in [0.1, 0.15) is 5.82 Å². The van der Waals surface area contributed by atoms with Crippen LogP contribution in [-0.4, -0.2) is 20.2 Å². The molecule has 3 N–H and O–H groups in total. The van der Waals surface area contributed by atoms with Crippen LogP contribution >= 0.6 is 0 Å². The maximum absolute atomic E-state index is 13.0. The lowest BCUT2D eigenvalue weighted by atomic mass is 9.94. The van der Waals surface area contributed by atoms with E-state index < -0.39 is 15.3 Å². The molecule has 0 aliphatic carbocycles. The summed E-state index contributed by atoms with van der Waals surface area (Å²) in [5, 5.41) is 7.78. The van der Waals surface area contributed by atoms with Crippen molar-refractivity contribution >= 4 is 10.0 Å². The minimum absolute atomic E-state index is 0.0728. The number of aryl methyl sites for hydroxylation is 1.